The van der Waals surface area contributed by atoms with Crippen molar-refractivity contribution in [2.24, 2.45) is 5.92 Å². The highest BCUT2D eigenvalue weighted by Crippen LogP contribution is 2.07. The van der Waals surface area contributed by atoms with Crippen LogP contribution in [0.3, 0.4) is 0 Å². The predicted molar refractivity (Wildman–Crippen MR) is 68.8 cm³/mol. The molecule has 3 heteroatoms. The fraction of sp³-hybridized carbons (Fsp3) is 1.00. The lowest BCUT2D eigenvalue weighted by Gasteiger charge is -2.26. The Balaban J connectivity index is 1.87. The molecule has 1 aliphatic heterocycles. The van der Waals surface area contributed by atoms with E-state index >= 15 is 0 Å². The summed E-state index contributed by atoms with van der Waals surface area (Å²) in [4.78, 5) is 2.58. The third kappa shape index (κ3) is 6.46. The van der Waals surface area contributed by atoms with Crippen LogP contribution in [-0.2, 0) is 4.74 Å². The van der Waals surface area contributed by atoms with E-state index in [0.717, 1.165) is 19.7 Å². The molecule has 0 aromatic rings. The van der Waals surface area contributed by atoms with Gasteiger partial charge >= 0.3 is 0 Å². The van der Waals surface area contributed by atoms with Gasteiger partial charge in [-0.2, -0.15) is 0 Å². The van der Waals surface area contributed by atoms with Crippen molar-refractivity contribution in [3.63, 3.8) is 0 Å². The fourth-order valence-electron chi connectivity index (χ4n) is 2.26. The van der Waals surface area contributed by atoms with Crippen molar-refractivity contribution in [2.45, 2.75) is 32.6 Å². The molecule has 1 heterocycles. The second kappa shape index (κ2) is 8.97. The molecule has 0 saturated carbocycles. The van der Waals surface area contributed by atoms with Crippen molar-refractivity contribution in [1.82, 2.24) is 10.2 Å². The summed E-state index contributed by atoms with van der Waals surface area (Å²) in [6.45, 7) is 9.23. The zero-order valence-corrected chi connectivity index (χ0v) is 11.0. The molecule has 1 atom stereocenters. The Hall–Kier alpha value is -0.120. The molecule has 0 bridgehead atoms. The average Bonchev–Trinajstić information content (AvgIpc) is 2.30. The maximum Gasteiger partial charge on any atom is 0.0488 e. The Labute approximate surface area is 101 Å². The van der Waals surface area contributed by atoms with Crippen LogP contribution in [0.25, 0.3) is 0 Å². The molecule has 1 unspecified atom stereocenters. The normalized spacial score (nSPS) is 19.9. The highest BCUT2D eigenvalue weighted by atomic mass is 16.5. The van der Waals surface area contributed by atoms with Gasteiger partial charge in [0.15, 0.2) is 0 Å². The molecule has 0 radical (unpaired) electrons. The Kier molecular flexibility index (Phi) is 7.81. The maximum absolute atomic E-state index is 5.12. The summed E-state index contributed by atoms with van der Waals surface area (Å²) < 4.78 is 5.12. The molecule has 1 N–H and O–H groups in total. The van der Waals surface area contributed by atoms with Crippen LogP contribution in [0.1, 0.15) is 32.6 Å². The highest BCUT2D eigenvalue weighted by Gasteiger charge is 2.08. The van der Waals surface area contributed by atoms with Crippen molar-refractivity contribution in [2.75, 3.05) is 46.4 Å². The zero-order valence-electron chi connectivity index (χ0n) is 11.0. The SMILES string of the molecule is COCC(C)CCNCCN1CCCCC1. The lowest BCUT2D eigenvalue weighted by atomic mass is 10.1. The molecule has 0 aromatic heterocycles. The summed E-state index contributed by atoms with van der Waals surface area (Å²) in [7, 11) is 1.78. The van der Waals surface area contributed by atoms with Crippen LogP contribution in [0.15, 0.2) is 0 Å². The van der Waals surface area contributed by atoms with Crippen LogP contribution < -0.4 is 5.32 Å². The van der Waals surface area contributed by atoms with Gasteiger partial charge in [0.25, 0.3) is 0 Å². The van der Waals surface area contributed by atoms with Crippen molar-refractivity contribution in [1.29, 1.82) is 0 Å². The van der Waals surface area contributed by atoms with E-state index in [1.54, 1.807) is 7.11 Å². The summed E-state index contributed by atoms with van der Waals surface area (Å²) in [5, 5.41) is 3.52. The number of piperidine rings is 1. The molecule has 1 saturated heterocycles. The van der Waals surface area contributed by atoms with Gasteiger partial charge in [0.2, 0.25) is 0 Å². The molecule has 1 aliphatic rings. The van der Waals surface area contributed by atoms with Crippen molar-refractivity contribution >= 4 is 0 Å². The Morgan fingerprint density at radius 1 is 1.19 bits per heavy atom. The summed E-state index contributed by atoms with van der Waals surface area (Å²) >= 11 is 0. The minimum absolute atomic E-state index is 0.674. The van der Waals surface area contributed by atoms with Crippen molar-refractivity contribution < 1.29 is 4.74 Å². The number of ether oxygens (including phenoxy) is 1. The first-order valence-electron chi connectivity index (χ1n) is 6.75. The number of nitrogens with one attached hydrogen (secondary N) is 1. The van der Waals surface area contributed by atoms with Crippen LogP contribution in [0.5, 0.6) is 0 Å². The maximum atomic E-state index is 5.12. The van der Waals surface area contributed by atoms with Gasteiger partial charge in [0, 0.05) is 26.8 Å². The second-order valence-electron chi connectivity index (χ2n) is 5.00. The van der Waals surface area contributed by atoms with E-state index in [4.69, 9.17) is 4.74 Å². The van der Waals surface area contributed by atoms with Crippen LogP contribution in [0, 0.1) is 5.92 Å². The second-order valence-corrected chi connectivity index (χ2v) is 5.00. The van der Waals surface area contributed by atoms with Gasteiger partial charge in [-0.25, -0.2) is 0 Å². The monoisotopic (exact) mass is 228 g/mol. The molecule has 0 aliphatic carbocycles. The first-order chi connectivity index (χ1) is 7.83. The van der Waals surface area contributed by atoms with E-state index in [9.17, 15) is 0 Å². The van der Waals surface area contributed by atoms with Gasteiger partial charge in [-0.15, -0.1) is 0 Å². The van der Waals surface area contributed by atoms with Gasteiger partial charge in [0.1, 0.15) is 0 Å². The highest BCUT2D eigenvalue weighted by molar-refractivity contribution is 4.65. The third-order valence-electron chi connectivity index (χ3n) is 3.32. The number of methoxy groups -OCH3 is 1. The summed E-state index contributed by atoms with van der Waals surface area (Å²) in [6.07, 6.45) is 5.43. The topological polar surface area (TPSA) is 24.5 Å². The number of hydrogen-bond donors (Lipinski definition) is 1. The molecule has 96 valence electrons. The van der Waals surface area contributed by atoms with E-state index in [-0.39, 0.29) is 0 Å². The Bertz CT molecular complexity index is 158. The van der Waals surface area contributed by atoms with Gasteiger partial charge in [0.05, 0.1) is 0 Å². The van der Waals surface area contributed by atoms with Crippen LogP contribution in [0.2, 0.25) is 0 Å². The smallest absolute Gasteiger partial charge is 0.0488 e. The minimum atomic E-state index is 0.674. The number of nitrogens with zero attached hydrogens (tertiary/aromatic N) is 1. The fourth-order valence-corrected chi connectivity index (χ4v) is 2.26. The molecule has 3 nitrogen and oxygen atoms in total. The van der Waals surface area contributed by atoms with Crippen molar-refractivity contribution in [3.8, 4) is 0 Å². The van der Waals surface area contributed by atoms with E-state index in [1.807, 2.05) is 0 Å². The molecule has 0 aromatic carbocycles. The lowest BCUT2D eigenvalue weighted by Crippen LogP contribution is -2.36. The molecule has 1 fully saturated rings. The number of rotatable bonds is 8. The largest absolute Gasteiger partial charge is 0.384 e. The molecule has 0 spiro atoms. The summed E-state index contributed by atoms with van der Waals surface area (Å²) in [5.74, 6) is 0.674. The van der Waals surface area contributed by atoms with E-state index in [0.29, 0.717) is 5.92 Å². The number of likely N-dealkylation sites (tertiary alicyclic amines) is 1. The summed E-state index contributed by atoms with van der Waals surface area (Å²) in [6, 6.07) is 0. The van der Waals surface area contributed by atoms with Crippen molar-refractivity contribution in [3.05, 3.63) is 0 Å². The van der Waals surface area contributed by atoms with E-state index in [2.05, 4.69) is 17.1 Å². The lowest BCUT2D eigenvalue weighted by molar-refractivity contribution is 0.155. The predicted octanol–water partition coefficient (Wildman–Crippen LogP) is 1.73. The first-order valence-corrected chi connectivity index (χ1v) is 6.75. The standard InChI is InChI=1S/C13H28N2O/c1-13(12-16-2)6-7-14-8-11-15-9-4-3-5-10-15/h13-14H,3-12H2,1-2H3. The number of hydrogen-bond acceptors (Lipinski definition) is 3. The van der Waals surface area contributed by atoms with E-state index < -0.39 is 0 Å². The van der Waals surface area contributed by atoms with Gasteiger partial charge < -0.3 is 15.0 Å². The van der Waals surface area contributed by atoms with Gasteiger partial charge in [-0.05, 0) is 44.8 Å². The molecule has 16 heavy (non-hydrogen) atoms. The summed E-state index contributed by atoms with van der Waals surface area (Å²) in [5.41, 5.74) is 0. The van der Waals surface area contributed by atoms with Crippen LogP contribution in [0.4, 0.5) is 0 Å². The molecular formula is C13H28N2O. The van der Waals surface area contributed by atoms with Crippen LogP contribution >= 0.6 is 0 Å². The van der Waals surface area contributed by atoms with Crippen LogP contribution in [-0.4, -0.2) is 51.3 Å². The molecular weight excluding hydrogens is 200 g/mol. The first kappa shape index (κ1) is 13.9. The minimum Gasteiger partial charge on any atom is -0.384 e. The Morgan fingerprint density at radius 3 is 2.62 bits per heavy atom. The zero-order chi connectivity index (χ0) is 11.6. The quantitative estimate of drug-likeness (QED) is 0.640. The van der Waals surface area contributed by atoms with Gasteiger partial charge in [-0.1, -0.05) is 13.3 Å². The van der Waals surface area contributed by atoms with E-state index in [1.165, 1.54) is 45.3 Å². The molecule has 0 amide bonds. The average molecular weight is 228 g/mol. The third-order valence-corrected chi connectivity index (χ3v) is 3.32. The Morgan fingerprint density at radius 2 is 1.94 bits per heavy atom. The van der Waals surface area contributed by atoms with Gasteiger partial charge in [-0.3, -0.25) is 0 Å². The molecule has 1 rings (SSSR count).